The zero-order valence-electron chi connectivity index (χ0n) is 13.0. The molecular formula is C16H19N3O3S. The molecule has 0 saturated heterocycles. The maximum absolute atomic E-state index is 11.4. The van der Waals surface area contributed by atoms with Gasteiger partial charge in [-0.15, -0.1) is 11.3 Å². The summed E-state index contributed by atoms with van der Waals surface area (Å²) in [5, 5.41) is 15.3. The van der Waals surface area contributed by atoms with Crippen molar-refractivity contribution < 1.29 is 14.7 Å². The molecule has 0 atom stereocenters. The predicted octanol–water partition coefficient (Wildman–Crippen LogP) is 2.18. The number of carbonyl (C=O) groups is 2. The number of rotatable bonds is 6. The summed E-state index contributed by atoms with van der Waals surface area (Å²) < 4.78 is 1.97. The summed E-state index contributed by atoms with van der Waals surface area (Å²) in [6.45, 7) is 4.92. The average molecular weight is 333 g/mol. The van der Waals surface area contributed by atoms with Gasteiger partial charge in [-0.2, -0.15) is 5.10 Å². The van der Waals surface area contributed by atoms with Gasteiger partial charge in [-0.1, -0.05) is 0 Å². The molecular weight excluding hydrogens is 314 g/mol. The molecule has 0 saturated carbocycles. The number of aryl methyl sites for hydroxylation is 1. The molecule has 2 aromatic heterocycles. The van der Waals surface area contributed by atoms with E-state index in [1.165, 1.54) is 16.9 Å². The summed E-state index contributed by atoms with van der Waals surface area (Å²) in [7, 11) is 0. The second-order valence-corrected chi connectivity index (χ2v) is 6.74. The highest BCUT2D eigenvalue weighted by molar-refractivity contribution is 7.12. The Kier molecular flexibility index (Phi) is 4.58. The van der Waals surface area contributed by atoms with Crippen LogP contribution in [0.3, 0.4) is 0 Å². The monoisotopic (exact) mass is 333 g/mol. The maximum Gasteiger partial charge on any atom is 0.303 e. The van der Waals surface area contributed by atoms with Gasteiger partial charge in [-0.25, -0.2) is 0 Å². The van der Waals surface area contributed by atoms with Crippen molar-refractivity contribution in [2.75, 3.05) is 6.54 Å². The third-order valence-electron chi connectivity index (χ3n) is 3.93. The lowest BCUT2D eigenvalue weighted by atomic mass is 10.2. The number of carbonyl (C=O) groups excluding carboxylic acids is 1. The molecule has 23 heavy (non-hydrogen) atoms. The fourth-order valence-corrected chi connectivity index (χ4v) is 3.58. The Bertz CT molecular complexity index is 735. The zero-order valence-corrected chi connectivity index (χ0v) is 13.8. The van der Waals surface area contributed by atoms with E-state index in [-0.39, 0.29) is 12.2 Å². The predicted molar refractivity (Wildman–Crippen MR) is 86.6 cm³/mol. The topological polar surface area (TPSA) is 75.4 Å². The first-order valence-corrected chi connectivity index (χ1v) is 8.47. The van der Waals surface area contributed by atoms with Gasteiger partial charge >= 0.3 is 5.97 Å². The summed E-state index contributed by atoms with van der Waals surface area (Å²) in [5.74, 6) is -0.683. The summed E-state index contributed by atoms with van der Waals surface area (Å²) in [6, 6.07) is 3.97. The van der Waals surface area contributed by atoms with Crippen molar-refractivity contribution >= 4 is 23.1 Å². The van der Waals surface area contributed by atoms with Gasteiger partial charge in [-0.3, -0.25) is 19.2 Å². The molecule has 1 aliphatic heterocycles. The fraction of sp³-hybridized carbons (Fsp3) is 0.438. The standard InChI is InChI=1S/C16H19N3O3S/c1-11(20)15-6-12(10-23-15)8-18-4-5-19-14(9-18)7-13(17-19)2-3-16(21)22/h6-7,10H,2-5,8-9H2,1H3,(H,21,22). The Hall–Kier alpha value is -1.99. The molecule has 1 N–H and O–H groups in total. The molecule has 0 amide bonds. The van der Waals surface area contributed by atoms with Gasteiger partial charge in [0.15, 0.2) is 5.78 Å². The van der Waals surface area contributed by atoms with E-state index in [4.69, 9.17) is 5.11 Å². The molecule has 1 aliphatic rings. The Balaban J connectivity index is 1.62. The van der Waals surface area contributed by atoms with Gasteiger partial charge in [0, 0.05) is 26.1 Å². The number of hydrogen-bond acceptors (Lipinski definition) is 5. The lowest BCUT2D eigenvalue weighted by Gasteiger charge is -2.27. The first kappa shape index (κ1) is 15.9. The third kappa shape index (κ3) is 3.86. The highest BCUT2D eigenvalue weighted by atomic mass is 32.1. The number of hydrogen-bond donors (Lipinski definition) is 1. The minimum atomic E-state index is -0.795. The second-order valence-electron chi connectivity index (χ2n) is 5.83. The number of ketones is 1. The van der Waals surface area contributed by atoms with Gasteiger partial charge in [0.25, 0.3) is 0 Å². The van der Waals surface area contributed by atoms with E-state index in [0.717, 1.165) is 42.4 Å². The normalized spacial score (nSPS) is 14.7. The van der Waals surface area contributed by atoms with Crippen molar-refractivity contribution in [1.82, 2.24) is 14.7 Å². The summed E-state index contributed by atoms with van der Waals surface area (Å²) in [4.78, 5) is 25.2. The Labute approximate surface area is 138 Å². The number of aliphatic carboxylic acids is 1. The Morgan fingerprint density at radius 1 is 1.35 bits per heavy atom. The van der Waals surface area contributed by atoms with E-state index in [9.17, 15) is 9.59 Å². The lowest BCUT2D eigenvalue weighted by molar-refractivity contribution is -0.136. The van der Waals surface area contributed by atoms with Crippen molar-refractivity contribution in [2.24, 2.45) is 0 Å². The van der Waals surface area contributed by atoms with E-state index in [1.54, 1.807) is 6.92 Å². The minimum Gasteiger partial charge on any atom is -0.481 e. The zero-order chi connectivity index (χ0) is 16.4. The van der Waals surface area contributed by atoms with Crippen LogP contribution in [0.1, 0.15) is 40.0 Å². The third-order valence-corrected chi connectivity index (χ3v) is 5.01. The van der Waals surface area contributed by atoms with Crippen molar-refractivity contribution in [3.63, 3.8) is 0 Å². The summed E-state index contributed by atoms with van der Waals surface area (Å²) >= 11 is 1.50. The van der Waals surface area contributed by atoms with Crippen molar-refractivity contribution in [3.05, 3.63) is 39.3 Å². The first-order valence-electron chi connectivity index (χ1n) is 7.59. The van der Waals surface area contributed by atoms with Gasteiger partial charge in [-0.05, 0) is 30.0 Å². The number of aromatic nitrogens is 2. The molecule has 0 aromatic carbocycles. The number of Topliss-reactive ketones (excluding diaryl/α,β-unsaturated/α-hetero) is 1. The highest BCUT2D eigenvalue weighted by Crippen LogP contribution is 2.20. The van der Waals surface area contributed by atoms with Gasteiger partial charge in [0.2, 0.25) is 0 Å². The van der Waals surface area contributed by atoms with E-state index >= 15 is 0 Å². The molecule has 0 bridgehead atoms. The first-order chi connectivity index (χ1) is 11.0. The molecule has 0 unspecified atom stereocenters. The Morgan fingerprint density at radius 2 is 2.17 bits per heavy atom. The lowest BCUT2D eigenvalue weighted by Crippen LogP contribution is -2.33. The van der Waals surface area contributed by atoms with Crippen LogP contribution in [0.5, 0.6) is 0 Å². The van der Waals surface area contributed by atoms with Crippen LogP contribution in [-0.4, -0.2) is 38.1 Å². The van der Waals surface area contributed by atoms with Crippen LogP contribution < -0.4 is 0 Å². The maximum atomic E-state index is 11.4. The molecule has 122 valence electrons. The van der Waals surface area contributed by atoms with Crippen LogP contribution >= 0.6 is 11.3 Å². The van der Waals surface area contributed by atoms with Crippen molar-refractivity contribution in [2.45, 2.75) is 39.4 Å². The van der Waals surface area contributed by atoms with Crippen LogP contribution in [0.15, 0.2) is 17.5 Å². The number of carboxylic acid groups (broad SMARTS) is 1. The molecule has 0 aliphatic carbocycles. The van der Waals surface area contributed by atoms with Crippen LogP contribution in [0, 0.1) is 0 Å². The van der Waals surface area contributed by atoms with Gasteiger partial charge in [0.1, 0.15) is 0 Å². The number of carboxylic acids is 1. The SMILES string of the molecule is CC(=O)c1cc(CN2CCn3nc(CCC(=O)O)cc3C2)cs1. The number of fused-ring (bicyclic) bond motifs is 1. The largest absolute Gasteiger partial charge is 0.481 e. The van der Waals surface area contributed by atoms with Gasteiger partial charge in [0.05, 0.1) is 29.2 Å². The molecule has 3 heterocycles. The van der Waals surface area contributed by atoms with Crippen LogP contribution in [0.2, 0.25) is 0 Å². The summed E-state index contributed by atoms with van der Waals surface area (Å²) in [5.41, 5.74) is 3.14. The van der Waals surface area contributed by atoms with Crippen molar-refractivity contribution in [1.29, 1.82) is 0 Å². The van der Waals surface area contributed by atoms with Gasteiger partial charge < -0.3 is 5.11 Å². The van der Waals surface area contributed by atoms with Crippen molar-refractivity contribution in [3.8, 4) is 0 Å². The highest BCUT2D eigenvalue weighted by Gasteiger charge is 2.19. The van der Waals surface area contributed by atoms with Crippen LogP contribution in [0.4, 0.5) is 0 Å². The smallest absolute Gasteiger partial charge is 0.303 e. The second kappa shape index (κ2) is 6.64. The molecule has 0 radical (unpaired) electrons. The van der Waals surface area contributed by atoms with Crippen LogP contribution in [0.25, 0.3) is 0 Å². The molecule has 0 spiro atoms. The fourth-order valence-electron chi connectivity index (χ4n) is 2.77. The van der Waals surface area contributed by atoms with Crippen LogP contribution in [-0.2, 0) is 30.8 Å². The summed E-state index contributed by atoms with van der Waals surface area (Å²) in [6.07, 6.45) is 0.588. The van der Waals surface area contributed by atoms with E-state index in [0.29, 0.717) is 6.42 Å². The van der Waals surface area contributed by atoms with E-state index < -0.39 is 5.97 Å². The number of nitrogens with zero attached hydrogens (tertiary/aromatic N) is 3. The van der Waals surface area contributed by atoms with E-state index in [2.05, 4.69) is 10.00 Å². The molecule has 3 rings (SSSR count). The molecule has 2 aromatic rings. The minimum absolute atomic E-state index is 0.112. The Morgan fingerprint density at radius 3 is 2.87 bits per heavy atom. The molecule has 6 nitrogen and oxygen atoms in total. The average Bonchev–Trinajstić information content (AvgIpc) is 3.11. The molecule has 7 heteroatoms. The number of thiophene rings is 1. The quantitative estimate of drug-likeness (QED) is 0.820. The van der Waals surface area contributed by atoms with E-state index in [1.807, 2.05) is 22.2 Å². The molecule has 0 fully saturated rings.